The highest BCUT2D eigenvalue weighted by molar-refractivity contribution is 5.22. The van der Waals surface area contributed by atoms with Crippen molar-refractivity contribution in [1.29, 1.82) is 0 Å². The average molecular weight is 187 g/mol. The van der Waals surface area contributed by atoms with Crippen molar-refractivity contribution in [3.8, 4) is 0 Å². The first-order chi connectivity index (χ1) is 6.17. The average Bonchev–Trinajstić information content (AvgIpc) is 2.04. The molecule has 0 heterocycles. The maximum atomic E-state index is 12.7. The molecule has 0 spiro atoms. The molecule has 0 saturated heterocycles. The van der Waals surface area contributed by atoms with Gasteiger partial charge in [-0.25, -0.2) is 8.78 Å². The second-order valence-corrected chi connectivity index (χ2v) is 2.82. The van der Waals surface area contributed by atoms with E-state index < -0.39 is 17.6 Å². The van der Waals surface area contributed by atoms with Crippen LogP contribution in [-0.2, 0) is 0 Å². The van der Waals surface area contributed by atoms with Crippen LogP contribution in [-0.4, -0.2) is 18.3 Å². The lowest BCUT2D eigenvalue weighted by atomic mass is 10.0. The van der Waals surface area contributed by atoms with Crippen molar-refractivity contribution in [2.45, 2.75) is 5.92 Å². The van der Waals surface area contributed by atoms with Gasteiger partial charge in [0, 0.05) is 18.5 Å². The van der Waals surface area contributed by atoms with Crippen molar-refractivity contribution in [1.82, 2.24) is 0 Å². The molecular formula is C9H11F2NO. The van der Waals surface area contributed by atoms with E-state index in [4.69, 9.17) is 10.8 Å². The predicted molar refractivity (Wildman–Crippen MR) is 45.2 cm³/mol. The fourth-order valence-corrected chi connectivity index (χ4v) is 1.13. The van der Waals surface area contributed by atoms with Crippen LogP contribution in [0.5, 0.6) is 0 Å². The third kappa shape index (κ3) is 2.47. The summed E-state index contributed by atoms with van der Waals surface area (Å²) >= 11 is 0. The lowest BCUT2D eigenvalue weighted by Crippen LogP contribution is -2.16. The molecule has 0 radical (unpaired) electrons. The first kappa shape index (κ1) is 10.1. The van der Waals surface area contributed by atoms with Crippen molar-refractivity contribution >= 4 is 0 Å². The van der Waals surface area contributed by atoms with Crippen molar-refractivity contribution in [3.05, 3.63) is 35.4 Å². The Balaban J connectivity index is 2.99. The Kier molecular flexibility index (Phi) is 3.33. The molecule has 1 aromatic rings. The Morgan fingerprint density at radius 3 is 2.15 bits per heavy atom. The van der Waals surface area contributed by atoms with Crippen molar-refractivity contribution < 1.29 is 13.9 Å². The molecule has 13 heavy (non-hydrogen) atoms. The van der Waals surface area contributed by atoms with Gasteiger partial charge >= 0.3 is 0 Å². The molecule has 2 nitrogen and oxygen atoms in total. The first-order valence-corrected chi connectivity index (χ1v) is 3.94. The molecule has 0 saturated carbocycles. The van der Waals surface area contributed by atoms with E-state index in [2.05, 4.69) is 0 Å². The molecule has 0 aromatic heterocycles. The smallest absolute Gasteiger partial charge is 0.126 e. The van der Waals surface area contributed by atoms with Crippen LogP contribution in [0.1, 0.15) is 11.5 Å². The summed E-state index contributed by atoms with van der Waals surface area (Å²) in [5.74, 6) is -1.70. The SMILES string of the molecule is NCC(CO)c1cc(F)cc(F)c1. The minimum Gasteiger partial charge on any atom is -0.396 e. The molecule has 3 N–H and O–H groups in total. The van der Waals surface area contributed by atoms with Gasteiger partial charge in [0.25, 0.3) is 0 Å². The molecule has 4 heteroatoms. The van der Waals surface area contributed by atoms with Gasteiger partial charge in [0.2, 0.25) is 0 Å². The summed E-state index contributed by atoms with van der Waals surface area (Å²) in [5, 5.41) is 8.84. The van der Waals surface area contributed by atoms with Crippen LogP contribution in [0.4, 0.5) is 8.78 Å². The highest BCUT2D eigenvalue weighted by atomic mass is 19.1. The van der Waals surface area contributed by atoms with Crippen LogP contribution in [0.25, 0.3) is 0 Å². The van der Waals surface area contributed by atoms with Gasteiger partial charge in [0.1, 0.15) is 11.6 Å². The number of halogens is 2. The molecule has 1 unspecified atom stereocenters. The first-order valence-electron chi connectivity index (χ1n) is 3.94. The van der Waals surface area contributed by atoms with E-state index in [-0.39, 0.29) is 13.2 Å². The monoisotopic (exact) mass is 187 g/mol. The molecule has 0 bridgehead atoms. The Bertz CT molecular complexity index is 267. The molecule has 1 rings (SSSR count). The zero-order valence-corrected chi connectivity index (χ0v) is 7.00. The number of aliphatic hydroxyl groups excluding tert-OH is 1. The molecule has 1 atom stereocenters. The molecule has 0 fully saturated rings. The highest BCUT2D eigenvalue weighted by Gasteiger charge is 2.10. The van der Waals surface area contributed by atoms with Gasteiger partial charge in [-0.15, -0.1) is 0 Å². The summed E-state index contributed by atoms with van der Waals surface area (Å²) in [5.41, 5.74) is 5.70. The second kappa shape index (κ2) is 4.30. The summed E-state index contributed by atoms with van der Waals surface area (Å²) in [6.07, 6.45) is 0. The number of benzene rings is 1. The summed E-state index contributed by atoms with van der Waals surface area (Å²) in [4.78, 5) is 0. The third-order valence-corrected chi connectivity index (χ3v) is 1.86. The van der Waals surface area contributed by atoms with Crippen molar-refractivity contribution in [3.63, 3.8) is 0 Å². The summed E-state index contributed by atoms with van der Waals surface area (Å²) in [6, 6.07) is 3.14. The summed E-state index contributed by atoms with van der Waals surface area (Å²) < 4.78 is 25.4. The zero-order chi connectivity index (χ0) is 9.84. The zero-order valence-electron chi connectivity index (χ0n) is 7.00. The Hall–Kier alpha value is -1.00. The van der Waals surface area contributed by atoms with Gasteiger partial charge in [-0.3, -0.25) is 0 Å². The van der Waals surface area contributed by atoms with E-state index in [0.29, 0.717) is 5.56 Å². The predicted octanol–water partition coefficient (Wildman–Crippen LogP) is 0.999. The van der Waals surface area contributed by atoms with E-state index in [0.717, 1.165) is 6.07 Å². The van der Waals surface area contributed by atoms with Gasteiger partial charge in [0.15, 0.2) is 0 Å². The standard InChI is InChI=1S/C9H11F2NO/c10-8-1-6(2-9(11)3-8)7(4-12)5-13/h1-3,7,13H,4-5,12H2. The number of rotatable bonds is 3. The summed E-state index contributed by atoms with van der Waals surface area (Å²) in [7, 11) is 0. The van der Waals surface area contributed by atoms with Gasteiger partial charge in [0.05, 0.1) is 6.61 Å². The number of nitrogens with two attached hydrogens (primary N) is 1. The van der Waals surface area contributed by atoms with Gasteiger partial charge in [-0.05, 0) is 17.7 Å². The van der Waals surface area contributed by atoms with E-state index in [1.54, 1.807) is 0 Å². The Morgan fingerprint density at radius 1 is 1.23 bits per heavy atom. The minimum atomic E-state index is -0.651. The number of hydrogen-bond donors (Lipinski definition) is 2. The Morgan fingerprint density at radius 2 is 1.77 bits per heavy atom. The van der Waals surface area contributed by atoms with Crippen LogP contribution in [0.15, 0.2) is 18.2 Å². The van der Waals surface area contributed by atoms with E-state index in [1.807, 2.05) is 0 Å². The normalized spacial score (nSPS) is 12.9. The molecule has 72 valence electrons. The topological polar surface area (TPSA) is 46.2 Å². The third-order valence-electron chi connectivity index (χ3n) is 1.86. The van der Waals surface area contributed by atoms with E-state index in [1.165, 1.54) is 12.1 Å². The highest BCUT2D eigenvalue weighted by Crippen LogP contribution is 2.16. The van der Waals surface area contributed by atoms with Crippen LogP contribution in [0.3, 0.4) is 0 Å². The Labute approximate surface area is 75.0 Å². The maximum absolute atomic E-state index is 12.7. The van der Waals surface area contributed by atoms with Crippen LogP contribution < -0.4 is 5.73 Å². The molecule has 0 aliphatic heterocycles. The van der Waals surface area contributed by atoms with Crippen LogP contribution in [0.2, 0.25) is 0 Å². The van der Waals surface area contributed by atoms with Gasteiger partial charge in [-0.2, -0.15) is 0 Å². The number of hydrogen-bond acceptors (Lipinski definition) is 2. The molecule has 0 amide bonds. The van der Waals surface area contributed by atoms with Gasteiger partial charge in [-0.1, -0.05) is 0 Å². The fraction of sp³-hybridized carbons (Fsp3) is 0.333. The summed E-state index contributed by atoms with van der Waals surface area (Å²) in [6.45, 7) is -0.0429. The number of aliphatic hydroxyl groups is 1. The second-order valence-electron chi connectivity index (χ2n) is 2.82. The van der Waals surface area contributed by atoms with E-state index in [9.17, 15) is 8.78 Å². The molecule has 0 aliphatic carbocycles. The van der Waals surface area contributed by atoms with E-state index >= 15 is 0 Å². The quantitative estimate of drug-likeness (QED) is 0.741. The largest absolute Gasteiger partial charge is 0.396 e. The molecule has 1 aromatic carbocycles. The van der Waals surface area contributed by atoms with Crippen molar-refractivity contribution in [2.24, 2.45) is 5.73 Å². The minimum absolute atomic E-state index is 0.166. The lowest BCUT2D eigenvalue weighted by molar-refractivity contribution is 0.267. The lowest BCUT2D eigenvalue weighted by Gasteiger charge is -2.11. The molecular weight excluding hydrogens is 176 g/mol. The van der Waals surface area contributed by atoms with Gasteiger partial charge < -0.3 is 10.8 Å². The maximum Gasteiger partial charge on any atom is 0.126 e. The van der Waals surface area contributed by atoms with Crippen molar-refractivity contribution in [2.75, 3.05) is 13.2 Å². The fourth-order valence-electron chi connectivity index (χ4n) is 1.13. The molecule has 0 aliphatic rings. The van der Waals surface area contributed by atoms with Crippen LogP contribution >= 0.6 is 0 Å². The van der Waals surface area contributed by atoms with Crippen LogP contribution in [0, 0.1) is 11.6 Å².